The molecular weight excluding hydrogens is 444 g/mol. The lowest BCUT2D eigenvalue weighted by Gasteiger charge is -2.23. The number of fused-ring (bicyclic) bond motifs is 1. The number of hydrogen-bond donors (Lipinski definition) is 2. The van der Waals surface area contributed by atoms with Crippen LogP contribution in [-0.2, 0) is 13.0 Å². The van der Waals surface area contributed by atoms with Gasteiger partial charge in [-0.15, -0.1) is 10.2 Å². The van der Waals surface area contributed by atoms with Crippen molar-refractivity contribution in [3.63, 3.8) is 0 Å². The predicted molar refractivity (Wildman–Crippen MR) is 133 cm³/mol. The Morgan fingerprint density at radius 2 is 2.06 bits per heavy atom. The number of hydrogen-bond acceptors (Lipinski definition) is 7. The van der Waals surface area contributed by atoms with Crippen LogP contribution in [0.4, 0.5) is 0 Å². The van der Waals surface area contributed by atoms with Crippen LogP contribution in [0.25, 0.3) is 6.08 Å². The molecule has 1 atom stereocenters. The first kappa shape index (κ1) is 24.4. The Hall–Kier alpha value is -3.72. The number of phenolic OH excluding ortho intramolecular Hbond substituents is 1. The van der Waals surface area contributed by atoms with Crippen molar-refractivity contribution in [1.29, 1.82) is 0 Å². The molecule has 184 valence electrons. The minimum Gasteiger partial charge on any atom is -0.504 e. The molecule has 0 spiro atoms. The standard InChI is InChI=1S/C26H32N6O3/c1-18(2)24(28-26(34)20-8-4-5-12-27-20)25-30-29-23-11-14-31(15-16-32(23)25)13-6-7-19-9-10-21(33)22(17-19)35-3/h4-10,12,17-18,24,33H,11,13-16H2,1-3H3,(H,28,34)/b7-6+/t24-/m0/s1. The van der Waals surface area contributed by atoms with E-state index in [9.17, 15) is 9.90 Å². The zero-order valence-electron chi connectivity index (χ0n) is 20.4. The van der Waals surface area contributed by atoms with Crippen LogP contribution >= 0.6 is 0 Å². The molecule has 2 N–H and O–H groups in total. The molecule has 1 amide bonds. The van der Waals surface area contributed by atoms with Gasteiger partial charge in [0.1, 0.15) is 11.5 Å². The third-order valence-corrected chi connectivity index (χ3v) is 6.15. The summed E-state index contributed by atoms with van der Waals surface area (Å²) in [5.74, 6) is 2.24. The summed E-state index contributed by atoms with van der Waals surface area (Å²) in [6.07, 6.45) is 6.54. The van der Waals surface area contributed by atoms with Gasteiger partial charge in [0.2, 0.25) is 0 Å². The van der Waals surface area contributed by atoms with Crippen LogP contribution in [0, 0.1) is 5.92 Å². The summed E-state index contributed by atoms with van der Waals surface area (Å²) in [7, 11) is 1.54. The Morgan fingerprint density at radius 1 is 1.20 bits per heavy atom. The van der Waals surface area contributed by atoms with E-state index in [-0.39, 0.29) is 23.6 Å². The number of pyridine rings is 1. The first-order valence-corrected chi connectivity index (χ1v) is 11.9. The smallest absolute Gasteiger partial charge is 0.270 e. The second kappa shape index (κ2) is 11.1. The minimum absolute atomic E-state index is 0.131. The maximum Gasteiger partial charge on any atom is 0.270 e. The van der Waals surface area contributed by atoms with E-state index in [1.165, 1.54) is 0 Å². The lowest BCUT2D eigenvalue weighted by Crippen LogP contribution is -2.35. The molecule has 0 saturated carbocycles. The maximum absolute atomic E-state index is 12.8. The number of nitrogens with one attached hydrogen (secondary N) is 1. The van der Waals surface area contributed by atoms with Crippen LogP contribution in [0.1, 0.15) is 47.6 Å². The Labute approximate surface area is 205 Å². The monoisotopic (exact) mass is 476 g/mol. The van der Waals surface area contributed by atoms with Gasteiger partial charge >= 0.3 is 0 Å². The van der Waals surface area contributed by atoms with Gasteiger partial charge < -0.3 is 19.7 Å². The van der Waals surface area contributed by atoms with Crippen LogP contribution in [0.3, 0.4) is 0 Å². The van der Waals surface area contributed by atoms with Crippen molar-refractivity contribution in [3.05, 3.63) is 71.6 Å². The quantitative estimate of drug-likeness (QED) is 0.515. The van der Waals surface area contributed by atoms with Crippen molar-refractivity contribution in [2.45, 2.75) is 32.9 Å². The maximum atomic E-state index is 12.8. The summed E-state index contributed by atoms with van der Waals surface area (Å²) in [6.45, 7) is 7.39. The molecule has 2 aromatic heterocycles. The Kier molecular flexibility index (Phi) is 7.77. The molecular formula is C26H32N6O3. The van der Waals surface area contributed by atoms with E-state index in [0.717, 1.165) is 49.8 Å². The predicted octanol–water partition coefficient (Wildman–Crippen LogP) is 3.09. The van der Waals surface area contributed by atoms with Gasteiger partial charge in [0.15, 0.2) is 17.3 Å². The van der Waals surface area contributed by atoms with Crippen molar-refractivity contribution in [2.75, 3.05) is 26.7 Å². The molecule has 1 aliphatic heterocycles. The highest BCUT2D eigenvalue weighted by atomic mass is 16.5. The lowest BCUT2D eigenvalue weighted by molar-refractivity contribution is 0.0916. The van der Waals surface area contributed by atoms with Gasteiger partial charge in [-0.2, -0.15) is 0 Å². The number of nitrogens with zero attached hydrogens (tertiary/aromatic N) is 5. The average molecular weight is 477 g/mol. The highest BCUT2D eigenvalue weighted by Gasteiger charge is 2.27. The number of phenols is 1. The number of carbonyl (C=O) groups is 1. The van der Waals surface area contributed by atoms with Crippen molar-refractivity contribution in [1.82, 2.24) is 30.0 Å². The number of rotatable bonds is 8. The average Bonchev–Trinajstić information content (AvgIpc) is 3.16. The molecule has 35 heavy (non-hydrogen) atoms. The molecule has 0 aliphatic carbocycles. The van der Waals surface area contributed by atoms with E-state index in [0.29, 0.717) is 11.4 Å². The highest BCUT2D eigenvalue weighted by Crippen LogP contribution is 2.27. The fourth-order valence-electron chi connectivity index (χ4n) is 4.18. The fourth-order valence-corrected chi connectivity index (χ4v) is 4.18. The molecule has 1 aromatic carbocycles. The number of aromatic nitrogens is 4. The fraction of sp³-hybridized carbons (Fsp3) is 0.385. The van der Waals surface area contributed by atoms with Crippen molar-refractivity contribution in [2.24, 2.45) is 5.92 Å². The van der Waals surface area contributed by atoms with E-state index in [4.69, 9.17) is 4.74 Å². The Morgan fingerprint density at radius 3 is 2.80 bits per heavy atom. The minimum atomic E-state index is -0.262. The van der Waals surface area contributed by atoms with Gasteiger partial charge in [-0.25, -0.2) is 0 Å². The Balaban J connectivity index is 1.41. The number of benzene rings is 1. The molecule has 0 saturated heterocycles. The summed E-state index contributed by atoms with van der Waals surface area (Å²) < 4.78 is 7.33. The van der Waals surface area contributed by atoms with Crippen LogP contribution in [0.5, 0.6) is 11.5 Å². The van der Waals surface area contributed by atoms with E-state index < -0.39 is 0 Å². The van der Waals surface area contributed by atoms with Crippen LogP contribution in [0.15, 0.2) is 48.7 Å². The number of amides is 1. The van der Waals surface area contributed by atoms with Gasteiger partial charge in [-0.05, 0) is 35.7 Å². The molecule has 3 heterocycles. The SMILES string of the molecule is COc1cc(/C=C/CN2CCc3nnc([C@@H](NC(=O)c4ccccn4)C(C)C)n3CC2)ccc1O. The van der Waals surface area contributed by atoms with Crippen LogP contribution in [-0.4, -0.2) is 62.4 Å². The molecule has 1 aliphatic rings. The van der Waals surface area contributed by atoms with Gasteiger partial charge in [0, 0.05) is 38.8 Å². The molecule has 0 radical (unpaired) electrons. The van der Waals surface area contributed by atoms with Gasteiger partial charge in [0.05, 0.1) is 13.2 Å². The van der Waals surface area contributed by atoms with Gasteiger partial charge in [0.25, 0.3) is 5.91 Å². The number of ether oxygens (including phenoxy) is 1. The van der Waals surface area contributed by atoms with Crippen molar-refractivity contribution < 1.29 is 14.6 Å². The first-order valence-electron chi connectivity index (χ1n) is 11.9. The normalized spacial score (nSPS) is 15.1. The van der Waals surface area contributed by atoms with Crippen molar-refractivity contribution >= 4 is 12.0 Å². The number of methoxy groups -OCH3 is 1. The van der Waals surface area contributed by atoms with E-state index in [1.807, 2.05) is 18.2 Å². The summed E-state index contributed by atoms with van der Waals surface area (Å²) in [5.41, 5.74) is 1.36. The first-order chi connectivity index (χ1) is 17.0. The topological polar surface area (TPSA) is 105 Å². The zero-order chi connectivity index (χ0) is 24.8. The molecule has 0 unspecified atom stereocenters. The second-order valence-corrected chi connectivity index (χ2v) is 8.92. The summed E-state index contributed by atoms with van der Waals surface area (Å²) in [5, 5.41) is 21.8. The van der Waals surface area contributed by atoms with E-state index in [2.05, 4.69) is 49.9 Å². The third-order valence-electron chi connectivity index (χ3n) is 6.15. The highest BCUT2D eigenvalue weighted by molar-refractivity contribution is 5.92. The Bertz CT molecular complexity index is 1180. The van der Waals surface area contributed by atoms with E-state index in [1.54, 1.807) is 37.6 Å². The number of carbonyl (C=O) groups excluding carboxylic acids is 1. The molecule has 4 rings (SSSR count). The molecule has 0 fully saturated rings. The van der Waals surface area contributed by atoms with Gasteiger partial charge in [-0.3, -0.25) is 14.7 Å². The third kappa shape index (κ3) is 5.86. The molecule has 9 nitrogen and oxygen atoms in total. The van der Waals surface area contributed by atoms with Crippen LogP contribution in [0.2, 0.25) is 0 Å². The molecule has 9 heteroatoms. The van der Waals surface area contributed by atoms with E-state index >= 15 is 0 Å². The zero-order valence-corrected chi connectivity index (χ0v) is 20.4. The van der Waals surface area contributed by atoms with Crippen molar-refractivity contribution in [3.8, 4) is 11.5 Å². The van der Waals surface area contributed by atoms with Gasteiger partial charge in [-0.1, -0.05) is 38.1 Å². The second-order valence-electron chi connectivity index (χ2n) is 8.92. The summed E-state index contributed by atoms with van der Waals surface area (Å²) >= 11 is 0. The largest absolute Gasteiger partial charge is 0.504 e. The summed E-state index contributed by atoms with van der Waals surface area (Å²) in [4.78, 5) is 19.3. The molecule has 3 aromatic rings. The summed E-state index contributed by atoms with van der Waals surface area (Å²) in [6, 6.07) is 10.3. The lowest BCUT2D eigenvalue weighted by atomic mass is 10.0. The molecule has 0 bridgehead atoms. The van der Waals surface area contributed by atoms with Crippen LogP contribution < -0.4 is 10.1 Å². The number of aromatic hydroxyl groups is 1.